The van der Waals surface area contributed by atoms with Gasteiger partial charge in [0.25, 0.3) is 5.91 Å². The number of nitrogens with one attached hydrogen (secondary N) is 1. The second-order valence-electron chi connectivity index (χ2n) is 5.94. The molecule has 0 radical (unpaired) electrons. The van der Waals surface area contributed by atoms with Gasteiger partial charge in [0.15, 0.2) is 0 Å². The van der Waals surface area contributed by atoms with Crippen LogP contribution < -0.4 is 11.1 Å². The fourth-order valence-corrected chi connectivity index (χ4v) is 2.85. The van der Waals surface area contributed by atoms with Crippen LogP contribution in [0.3, 0.4) is 0 Å². The van der Waals surface area contributed by atoms with Gasteiger partial charge in [0, 0.05) is 12.2 Å². The third kappa shape index (κ3) is 3.38. The fraction of sp³-hybridized carbons (Fsp3) is 0.278. The van der Waals surface area contributed by atoms with Crippen LogP contribution >= 0.6 is 0 Å². The fourth-order valence-electron chi connectivity index (χ4n) is 2.85. The number of imidazole rings is 1. The second-order valence-corrected chi connectivity index (χ2v) is 5.94. The molecule has 3 aromatic rings. The van der Waals surface area contributed by atoms with Gasteiger partial charge in [-0.3, -0.25) is 4.79 Å². The lowest BCUT2D eigenvalue weighted by atomic mass is 10.2. The molecular weight excluding hydrogens is 318 g/mol. The molecule has 130 valence electrons. The van der Waals surface area contributed by atoms with Crippen LogP contribution in [0.1, 0.15) is 35.0 Å². The average molecular weight is 339 g/mol. The summed E-state index contributed by atoms with van der Waals surface area (Å²) in [7, 11) is 0. The van der Waals surface area contributed by atoms with E-state index < -0.39 is 0 Å². The summed E-state index contributed by atoms with van der Waals surface area (Å²) in [6.07, 6.45) is 0. The van der Waals surface area contributed by atoms with Crippen molar-refractivity contribution in [2.75, 3.05) is 11.9 Å². The quantitative estimate of drug-likeness (QED) is 0.659. The molecule has 7 heteroatoms. The van der Waals surface area contributed by atoms with Crippen LogP contribution in [0.4, 0.5) is 5.69 Å². The van der Waals surface area contributed by atoms with Crippen LogP contribution in [-0.4, -0.2) is 32.2 Å². The van der Waals surface area contributed by atoms with E-state index in [0.717, 1.165) is 16.9 Å². The number of hydrogen-bond acceptors (Lipinski definition) is 5. The molecule has 2 heterocycles. The van der Waals surface area contributed by atoms with Gasteiger partial charge in [-0.25, -0.2) is 9.97 Å². The molecule has 0 spiro atoms. The summed E-state index contributed by atoms with van der Waals surface area (Å²) in [5, 5.41) is 12.2. The number of aromatic nitrogens is 3. The Kier molecular flexibility index (Phi) is 4.78. The Hall–Kier alpha value is -2.77. The van der Waals surface area contributed by atoms with Crippen LogP contribution in [0.5, 0.6) is 0 Å². The number of anilines is 1. The summed E-state index contributed by atoms with van der Waals surface area (Å²) >= 11 is 0. The molecule has 1 atom stereocenters. The summed E-state index contributed by atoms with van der Waals surface area (Å²) in [5.74, 6) is 0.520. The highest BCUT2D eigenvalue weighted by atomic mass is 16.3. The summed E-state index contributed by atoms with van der Waals surface area (Å²) in [6, 6.07) is 10.6. The van der Waals surface area contributed by atoms with E-state index in [1.54, 1.807) is 18.2 Å². The number of fused-ring (bicyclic) bond motifs is 1. The molecule has 0 saturated carbocycles. The number of carbonyl (C=O) groups is 1. The number of carbonyl (C=O) groups excluding carboxylic acids is 1. The third-order valence-corrected chi connectivity index (χ3v) is 4.08. The lowest BCUT2D eigenvalue weighted by Gasteiger charge is -2.13. The molecule has 1 amide bonds. The molecular formula is C18H21N5O2. The predicted molar refractivity (Wildman–Crippen MR) is 96.3 cm³/mol. The number of pyridine rings is 1. The minimum absolute atomic E-state index is 0.0357. The van der Waals surface area contributed by atoms with Crippen molar-refractivity contribution in [3.63, 3.8) is 0 Å². The largest absolute Gasteiger partial charge is 0.394 e. The third-order valence-electron chi connectivity index (χ3n) is 4.08. The normalized spacial score (nSPS) is 12.3. The molecule has 0 aliphatic carbocycles. The Morgan fingerprint density at radius 2 is 2.12 bits per heavy atom. The van der Waals surface area contributed by atoms with Gasteiger partial charge in [0.2, 0.25) is 0 Å². The van der Waals surface area contributed by atoms with Crippen LogP contribution in [-0.2, 0) is 6.54 Å². The van der Waals surface area contributed by atoms with E-state index >= 15 is 0 Å². The first kappa shape index (κ1) is 17.1. The van der Waals surface area contributed by atoms with E-state index in [1.807, 2.05) is 36.6 Å². The molecule has 4 N–H and O–H groups in total. The monoisotopic (exact) mass is 339 g/mol. The van der Waals surface area contributed by atoms with Crippen LogP contribution in [0.2, 0.25) is 0 Å². The maximum Gasteiger partial charge on any atom is 0.274 e. The van der Waals surface area contributed by atoms with Crippen molar-refractivity contribution in [3.8, 4) is 0 Å². The average Bonchev–Trinajstić information content (AvgIpc) is 2.96. The number of aliphatic hydroxyl groups is 1. The van der Waals surface area contributed by atoms with Crippen LogP contribution in [0.15, 0.2) is 36.4 Å². The van der Waals surface area contributed by atoms with Crippen molar-refractivity contribution in [2.24, 2.45) is 5.73 Å². The highest BCUT2D eigenvalue weighted by Crippen LogP contribution is 2.24. The molecule has 25 heavy (non-hydrogen) atoms. The first-order valence-corrected chi connectivity index (χ1v) is 8.10. The minimum atomic E-state index is -0.297. The first-order chi connectivity index (χ1) is 12.0. The van der Waals surface area contributed by atoms with E-state index in [1.165, 1.54) is 0 Å². The Bertz CT molecular complexity index is 919. The zero-order chi connectivity index (χ0) is 18.0. The Labute approximate surface area is 145 Å². The summed E-state index contributed by atoms with van der Waals surface area (Å²) in [6.45, 7) is 4.15. The van der Waals surface area contributed by atoms with E-state index in [9.17, 15) is 9.90 Å². The molecule has 1 unspecified atom stereocenters. The van der Waals surface area contributed by atoms with Gasteiger partial charge in [-0.1, -0.05) is 6.07 Å². The van der Waals surface area contributed by atoms with Crippen molar-refractivity contribution in [2.45, 2.75) is 26.4 Å². The van der Waals surface area contributed by atoms with Crippen molar-refractivity contribution < 1.29 is 9.90 Å². The number of benzene rings is 1. The van der Waals surface area contributed by atoms with Crippen molar-refractivity contribution in [1.82, 2.24) is 14.5 Å². The Morgan fingerprint density at radius 1 is 1.32 bits per heavy atom. The minimum Gasteiger partial charge on any atom is -0.394 e. The summed E-state index contributed by atoms with van der Waals surface area (Å²) in [4.78, 5) is 21.1. The summed E-state index contributed by atoms with van der Waals surface area (Å²) in [5.41, 5.74) is 8.86. The lowest BCUT2D eigenvalue weighted by Crippen LogP contribution is -2.15. The lowest BCUT2D eigenvalue weighted by molar-refractivity contribution is 0.102. The van der Waals surface area contributed by atoms with Gasteiger partial charge in [0.1, 0.15) is 11.5 Å². The highest BCUT2D eigenvalue weighted by molar-refractivity contribution is 6.03. The molecule has 0 fully saturated rings. The second kappa shape index (κ2) is 7.00. The van der Waals surface area contributed by atoms with Gasteiger partial charge in [-0.2, -0.15) is 0 Å². The van der Waals surface area contributed by atoms with E-state index in [4.69, 9.17) is 5.73 Å². The standard InChI is InChI=1S/C18H21N5O2/c1-11(10-24)23-12(2)20-16-8-13(6-7-17(16)23)22-18(25)15-5-3-4-14(9-19)21-15/h3-8,11,24H,9-10,19H2,1-2H3,(H,22,25). The molecule has 0 aliphatic rings. The molecule has 3 rings (SSSR count). The van der Waals surface area contributed by atoms with E-state index in [0.29, 0.717) is 17.1 Å². The first-order valence-electron chi connectivity index (χ1n) is 8.10. The molecule has 2 aromatic heterocycles. The molecule has 7 nitrogen and oxygen atoms in total. The topological polar surface area (TPSA) is 106 Å². The highest BCUT2D eigenvalue weighted by Gasteiger charge is 2.14. The van der Waals surface area contributed by atoms with Crippen molar-refractivity contribution in [1.29, 1.82) is 0 Å². The van der Waals surface area contributed by atoms with Gasteiger partial charge in [-0.05, 0) is 44.2 Å². The number of rotatable bonds is 5. The van der Waals surface area contributed by atoms with Crippen molar-refractivity contribution >= 4 is 22.6 Å². The van der Waals surface area contributed by atoms with E-state index in [2.05, 4.69) is 15.3 Å². The smallest absolute Gasteiger partial charge is 0.274 e. The number of amides is 1. The van der Waals surface area contributed by atoms with Gasteiger partial charge >= 0.3 is 0 Å². The Balaban J connectivity index is 1.88. The van der Waals surface area contributed by atoms with E-state index in [-0.39, 0.29) is 25.1 Å². The molecule has 0 aliphatic heterocycles. The molecule has 0 saturated heterocycles. The molecule has 1 aromatic carbocycles. The summed E-state index contributed by atoms with van der Waals surface area (Å²) < 4.78 is 1.98. The SMILES string of the molecule is Cc1nc2cc(NC(=O)c3cccc(CN)n3)ccc2n1C(C)CO. The molecule has 0 bridgehead atoms. The van der Waals surface area contributed by atoms with Gasteiger partial charge in [0.05, 0.1) is 29.4 Å². The maximum absolute atomic E-state index is 12.4. The van der Waals surface area contributed by atoms with Gasteiger partial charge in [-0.15, -0.1) is 0 Å². The number of aryl methyl sites for hydroxylation is 1. The predicted octanol–water partition coefficient (Wildman–Crippen LogP) is 2.00. The number of aliphatic hydroxyl groups excluding tert-OH is 1. The zero-order valence-electron chi connectivity index (χ0n) is 14.2. The Morgan fingerprint density at radius 3 is 2.84 bits per heavy atom. The van der Waals surface area contributed by atoms with Crippen LogP contribution in [0, 0.1) is 6.92 Å². The number of hydrogen-bond donors (Lipinski definition) is 3. The number of nitrogens with two attached hydrogens (primary N) is 1. The zero-order valence-corrected chi connectivity index (χ0v) is 14.2. The van der Waals surface area contributed by atoms with Crippen LogP contribution in [0.25, 0.3) is 11.0 Å². The number of nitrogens with zero attached hydrogens (tertiary/aromatic N) is 3. The van der Waals surface area contributed by atoms with Crippen molar-refractivity contribution in [3.05, 3.63) is 53.6 Å². The maximum atomic E-state index is 12.4. The van der Waals surface area contributed by atoms with Gasteiger partial charge < -0.3 is 20.7 Å².